The number of carbonyl (C=O) groups is 1. The van der Waals surface area contributed by atoms with E-state index in [9.17, 15) is 15.0 Å². The Bertz CT molecular complexity index is 453. The highest BCUT2D eigenvalue weighted by Gasteiger charge is 2.47. The quantitative estimate of drug-likeness (QED) is 0.369. The van der Waals surface area contributed by atoms with Crippen LogP contribution in [-0.4, -0.2) is 57.2 Å². The van der Waals surface area contributed by atoms with E-state index in [1.54, 1.807) is 6.92 Å². The molecule has 1 fully saturated rings. The van der Waals surface area contributed by atoms with Crippen LogP contribution in [-0.2, 0) is 14.3 Å². The number of aliphatic hydroxyl groups is 3. The summed E-state index contributed by atoms with van der Waals surface area (Å²) in [6, 6.07) is 0. The number of hydrogen-bond donors (Lipinski definition) is 5. The lowest BCUT2D eigenvalue weighted by molar-refractivity contribution is -0.277. The Balaban J connectivity index is 2.06. The van der Waals surface area contributed by atoms with E-state index in [2.05, 4.69) is 25.3 Å². The van der Waals surface area contributed by atoms with Crippen LogP contribution in [0.4, 0.5) is 0 Å². The number of hydrogen-bond acceptors (Lipinski definition) is 8. The van der Waals surface area contributed by atoms with Gasteiger partial charge >= 0.3 is 0 Å². The normalized spacial score (nSPS) is 39.3. The van der Waals surface area contributed by atoms with E-state index in [0.29, 0.717) is 0 Å². The second-order valence-electron chi connectivity index (χ2n) is 5.86. The summed E-state index contributed by atoms with van der Waals surface area (Å²) in [6.45, 7) is 1.20. The molecule has 2 rings (SSSR count). The van der Waals surface area contributed by atoms with Gasteiger partial charge in [-0.25, -0.2) is 0 Å². The lowest BCUT2D eigenvalue weighted by atomic mass is 9.89. The zero-order valence-corrected chi connectivity index (χ0v) is 14.0. The molecule has 0 aromatic carbocycles. The molecule has 2 aliphatic rings. The monoisotopic (exact) mass is 350 g/mol. The standard InChI is InChI=1S/C14H22O6S2/c1-14(22,7-2-4-8(21)5-3-7)20-13-12(18)11(17)10(16)9(6-15)19-13/h4,7,9-10,12-13,15-16,18,21-22H,2-3,5-6H2,1H3/t7?,9-,10-,12-,13+,14?/m1/s1. The lowest BCUT2D eigenvalue weighted by Crippen LogP contribution is -2.58. The van der Waals surface area contributed by atoms with Crippen LogP contribution in [0, 0.1) is 5.92 Å². The SMILES string of the molecule is CC(S)(O[C@@H]1O[C@H](CO)[C@@H](O)C(=O)[C@H]1O)C1CC=C(S)CC1. The van der Waals surface area contributed by atoms with Crippen molar-refractivity contribution in [1.82, 2.24) is 0 Å². The molecular formula is C14H22O6S2. The summed E-state index contributed by atoms with van der Waals surface area (Å²) in [5.41, 5.74) is 0. The maximum absolute atomic E-state index is 11.8. The van der Waals surface area contributed by atoms with Gasteiger partial charge in [0.15, 0.2) is 18.2 Å². The maximum Gasteiger partial charge on any atom is 0.197 e. The molecule has 0 saturated carbocycles. The van der Waals surface area contributed by atoms with Gasteiger partial charge in [-0.3, -0.25) is 4.79 Å². The maximum atomic E-state index is 11.8. The molecule has 0 radical (unpaired) electrons. The van der Waals surface area contributed by atoms with E-state index in [-0.39, 0.29) is 5.92 Å². The van der Waals surface area contributed by atoms with Crippen LogP contribution < -0.4 is 0 Å². The summed E-state index contributed by atoms with van der Waals surface area (Å²) in [5.74, 6) is -0.752. The summed E-state index contributed by atoms with van der Waals surface area (Å²) in [4.78, 5) is 11.9. The first-order valence-electron chi connectivity index (χ1n) is 7.20. The number of allylic oxidation sites excluding steroid dienone is 2. The molecule has 6 nitrogen and oxygen atoms in total. The Morgan fingerprint density at radius 3 is 2.68 bits per heavy atom. The Kier molecular flexibility index (Phi) is 5.98. The smallest absolute Gasteiger partial charge is 0.197 e. The predicted octanol–water partition coefficient (Wildman–Crippen LogP) is 0.271. The van der Waals surface area contributed by atoms with E-state index >= 15 is 0 Å². The molecule has 0 amide bonds. The van der Waals surface area contributed by atoms with E-state index in [1.807, 2.05) is 6.08 Å². The first-order valence-corrected chi connectivity index (χ1v) is 8.10. The molecule has 1 heterocycles. The number of ether oxygens (including phenoxy) is 2. The van der Waals surface area contributed by atoms with Gasteiger partial charge in [0, 0.05) is 5.92 Å². The first-order chi connectivity index (χ1) is 10.3. The van der Waals surface area contributed by atoms with Gasteiger partial charge in [-0.15, -0.1) is 25.3 Å². The third-order valence-electron chi connectivity index (χ3n) is 4.18. The fraction of sp³-hybridized carbons (Fsp3) is 0.786. The minimum Gasteiger partial charge on any atom is -0.394 e. The third kappa shape index (κ3) is 3.87. The zero-order valence-electron chi connectivity index (χ0n) is 12.3. The van der Waals surface area contributed by atoms with Crippen LogP contribution in [0.5, 0.6) is 0 Å². The summed E-state index contributed by atoms with van der Waals surface area (Å²) in [5, 5.41) is 28.7. The molecule has 1 aliphatic heterocycles. The summed E-state index contributed by atoms with van der Waals surface area (Å²) < 4.78 is 11.0. The number of ketones is 1. The fourth-order valence-corrected chi connectivity index (χ4v) is 3.26. The molecule has 3 N–H and O–H groups in total. The molecule has 0 aromatic heterocycles. The number of aliphatic hydroxyl groups excluding tert-OH is 3. The second-order valence-corrected chi connectivity index (χ2v) is 7.32. The molecular weight excluding hydrogens is 328 g/mol. The highest BCUT2D eigenvalue weighted by molar-refractivity contribution is 7.84. The van der Waals surface area contributed by atoms with E-state index in [0.717, 1.165) is 24.2 Å². The molecule has 22 heavy (non-hydrogen) atoms. The summed E-state index contributed by atoms with van der Waals surface area (Å²) in [7, 11) is 0. The van der Waals surface area contributed by atoms with Crippen molar-refractivity contribution in [2.75, 3.05) is 6.61 Å². The van der Waals surface area contributed by atoms with Gasteiger partial charge < -0.3 is 24.8 Å². The van der Waals surface area contributed by atoms with Crippen molar-refractivity contribution in [3.63, 3.8) is 0 Å². The first kappa shape index (κ1) is 18.3. The van der Waals surface area contributed by atoms with Crippen molar-refractivity contribution in [2.24, 2.45) is 5.92 Å². The van der Waals surface area contributed by atoms with Crippen molar-refractivity contribution < 1.29 is 29.6 Å². The van der Waals surface area contributed by atoms with E-state index in [1.165, 1.54) is 0 Å². The van der Waals surface area contributed by atoms with Crippen molar-refractivity contribution in [3.05, 3.63) is 11.0 Å². The second kappa shape index (κ2) is 7.21. The molecule has 6 atom stereocenters. The summed E-state index contributed by atoms with van der Waals surface area (Å²) >= 11 is 8.84. The predicted molar refractivity (Wildman–Crippen MR) is 85.7 cm³/mol. The third-order valence-corrected chi connectivity index (χ3v) is 5.06. The minimum absolute atomic E-state index is 0.0667. The minimum atomic E-state index is -1.61. The van der Waals surface area contributed by atoms with Gasteiger partial charge in [0.05, 0.1) is 6.61 Å². The molecule has 126 valence electrons. The van der Waals surface area contributed by atoms with Gasteiger partial charge in [0.2, 0.25) is 0 Å². The van der Waals surface area contributed by atoms with Crippen LogP contribution in [0.15, 0.2) is 11.0 Å². The van der Waals surface area contributed by atoms with E-state index in [4.69, 9.17) is 14.6 Å². The van der Waals surface area contributed by atoms with Crippen LogP contribution in [0.3, 0.4) is 0 Å². The molecule has 0 bridgehead atoms. The highest BCUT2D eigenvalue weighted by atomic mass is 32.1. The molecule has 1 saturated heterocycles. The molecule has 0 aromatic rings. The van der Waals surface area contributed by atoms with Crippen LogP contribution >= 0.6 is 25.3 Å². The Hall–Kier alpha value is -0.0900. The van der Waals surface area contributed by atoms with Gasteiger partial charge in [-0.2, -0.15) is 0 Å². The fourth-order valence-electron chi connectivity index (χ4n) is 2.69. The van der Waals surface area contributed by atoms with Crippen molar-refractivity contribution in [2.45, 2.75) is 55.7 Å². The van der Waals surface area contributed by atoms with E-state index < -0.39 is 41.9 Å². The van der Waals surface area contributed by atoms with Crippen LogP contribution in [0.2, 0.25) is 0 Å². The average Bonchev–Trinajstić information content (AvgIpc) is 2.48. The topological polar surface area (TPSA) is 96.2 Å². The lowest BCUT2D eigenvalue weighted by Gasteiger charge is -2.42. The Morgan fingerprint density at radius 1 is 1.45 bits per heavy atom. The zero-order chi connectivity index (χ0) is 16.5. The molecule has 8 heteroatoms. The van der Waals surface area contributed by atoms with Crippen molar-refractivity contribution in [3.8, 4) is 0 Å². The average molecular weight is 350 g/mol. The van der Waals surface area contributed by atoms with Gasteiger partial charge in [0.1, 0.15) is 17.1 Å². The van der Waals surface area contributed by atoms with Gasteiger partial charge in [-0.1, -0.05) is 6.08 Å². The highest BCUT2D eigenvalue weighted by Crippen LogP contribution is 2.39. The Morgan fingerprint density at radius 2 is 2.14 bits per heavy atom. The molecule has 0 spiro atoms. The summed E-state index contributed by atoms with van der Waals surface area (Å²) in [6.07, 6.45) is -1.19. The number of thiol groups is 2. The van der Waals surface area contributed by atoms with Crippen LogP contribution in [0.25, 0.3) is 0 Å². The van der Waals surface area contributed by atoms with Crippen molar-refractivity contribution >= 4 is 31.0 Å². The van der Waals surface area contributed by atoms with Gasteiger partial charge in [0.25, 0.3) is 0 Å². The largest absolute Gasteiger partial charge is 0.394 e. The number of rotatable bonds is 4. The molecule has 2 unspecified atom stereocenters. The van der Waals surface area contributed by atoms with Gasteiger partial charge in [-0.05, 0) is 31.1 Å². The number of Topliss-reactive ketones (excluding diaryl/α,β-unsaturated/α-hetero) is 1. The number of carbonyl (C=O) groups excluding carboxylic acids is 1. The molecule has 1 aliphatic carbocycles. The Labute approximate surface area is 140 Å². The van der Waals surface area contributed by atoms with Crippen LogP contribution in [0.1, 0.15) is 26.2 Å². The van der Waals surface area contributed by atoms with Crippen molar-refractivity contribution in [1.29, 1.82) is 0 Å².